The van der Waals surface area contributed by atoms with Crippen LogP contribution in [0.4, 0.5) is 0 Å². The van der Waals surface area contributed by atoms with Gasteiger partial charge in [0.1, 0.15) is 11.4 Å². The number of nitrogens with zero attached hydrogens (tertiary/aromatic N) is 1. The Morgan fingerprint density at radius 3 is 2.68 bits per heavy atom. The standard InChI is InChI=1S/C20H27N2O2S/c1-4-22-11-9-16(17-10-12-25-19(17)20(23)24-3)18(13-22)14-5-7-15(21-2)8-6-14/h9-15,21H,4-8H2,1-3H3/q+1. The highest BCUT2D eigenvalue weighted by molar-refractivity contribution is 7.12. The van der Waals surface area contributed by atoms with Crippen LogP contribution in [0.2, 0.25) is 0 Å². The van der Waals surface area contributed by atoms with Crippen LogP contribution in [0.15, 0.2) is 29.9 Å². The van der Waals surface area contributed by atoms with Crippen LogP contribution < -0.4 is 9.88 Å². The zero-order chi connectivity index (χ0) is 17.8. The first-order valence-corrected chi connectivity index (χ1v) is 9.92. The summed E-state index contributed by atoms with van der Waals surface area (Å²) in [4.78, 5) is 12.8. The molecule has 0 spiro atoms. The van der Waals surface area contributed by atoms with Gasteiger partial charge in [-0.05, 0) is 62.6 Å². The van der Waals surface area contributed by atoms with E-state index in [2.05, 4.69) is 42.3 Å². The first-order valence-electron chi connectivity index (χ1n) is 9.04. The summed E-state index contributed by atoms with van der Waals surface area (Å²) >= 11 is 1.46. The van der Waals surface area contributed by atoms with Crippen molar-refractivity contribution in [1.29, 1.82) is 0 Å². The van der Waals surface area contributed by atoms with Crippen LogP contribution in [-0.2, 0) is 11.3 Å². The molecule has 0 bridgehead atoms. The fraction of sp³-hybridized carbons (Fsp3) is 0.500. The topological polar surface area (TPSA) is 42.2 Å². The van der Waals surface area contributed by atoms with Crippen LogP contribution in [0.3, 0.4) is 0 Å². The fourth-order valence-corrected chi connectivity index (χ4v) is 4.61. The molecule has 0 atom stereocenters. The largest absolute Gasteiger partial charge is 0.465 e. The molecule has 0 radical (unpaired) electrons. The van der Waals surface area contributed by atoms with Crippen molar-refractivity contribution in [2.24, 2.45) is 0 Å². The van der Waals surface area contributed by atoms with Gasteiger partial charge in [0.15, 0.2) is 12.4 Å². The maximum atomic E-state index is 12.1. The molecule has 2 aromatic heterocycles. The van der Waals surface area contributed by atoms with Crippen molar-refractivity contribution in [3.8, 4) is 11.1 Å². The third kappa shape index (κ3) is 3.77. The highest BCUT2D eigenvalue weighted by Gasteiger charge is 2.27. The summed E-state index contributed by atoms with van der Waals surface area (Å²) in [5.41, 5.74) is 3.55. The summed E-state index contributed by atoms with van der Waals surface area (Å²) in [6, 6.07) is 4.84. The first kappa shape index (κ1) is 18.1. The molecule has 2 heterocycles. The lowest BCUT2D eigenvalue weighted by Crippen LogP contribution is -2.34. The van der Waals surface area contributed by atoms with Gasteiger partial charge in [-0.15, -0.1) is 11.3 Å². The van der Waals surface area contributed by atoms with E-state index in [-0.39, 0.29) is 5.97 Å². The quantitative estimate of drug-likeness (QED) is 0.653. The molecule has 1 aliphatic rings. The predicted molar refractivity (Wildman–Crippen MR) is 101 cm³/mol. The molecule has 1 aliphatic carbocycles. The summed E-state index contributed by atoms with van der Waals surface area (Å²) in [6.07, 6.45) is 9.16. The van der Waals surface area contributed by atoms with Gasteiger partial charge in [-0.1, -0.05) is 0 Å². The van der Waals surface area contributed by atoms with Gasteiger partial charge in [-0.2, -0.15) is 0 Å². The summed E-state index contributed by atoms with van der Waals surface area (Å²) in [5, 5.41) is 5.38. The molecule has 1 saturated carbocycles. The van der Waals surface area contributed by atoms with Gasteiger partial charge in [-0.25, -0.2) is 9.36 Å². The molecule has 25 heavy (non-hydrogen) atoms. The number of hydrogen-bond donors (Lipinski definition) is 1. The van der Waals surface area contributed by atoms with Gasteiger partial charge in [0.25, 0.3) is 0 Å². The predicted octanol–water partition coefficient (Wildman–Crippen LogP) is 3.75. The monoisotopic (exact) mass is 359 g/mol. The van der Waals surface area contributed by atoms with E-state index in [4.69, 9.17) is 4.74 Å². The average molecular weight is 360 g/mol. The number of rotatable bonds is 5. The number of thiophene rings is 1. The van der Waals surface area contributed by atoms with Crippen LogP contribution in [0.1, 0.15) is 53.8 Å². The van der Waals surface area contributed by atoms with Gasteiger partial charge in [-0.3, -0.25) is 0 Å². The van der Waals surface area contributed by atoms with Crippen LogP contribution in [0.25, 0.3) is 11.1 Å². The van der Waals surface area contributed by atoms with Crippen LogP contribution in [0, 0.1) is 0 Å². The van der Waals surface area contributed by atoms with E-state index in [1.165, 1.54) is 55.3 Å². The normalized spacial score (nSPS) is 20.4. The van der Waals surface area contributed by atoms with E-state index < -0.39 is 0 Å². The smallest absolute Gasteiger partial charge is 0.348 e. The molecular weight excluding hydrogens is 332 g/mol. The zero-order valence-corrected chi connectivity index (χ0v) is 16.1. The molecule has 4 nitrogen and oxygen atoms in total. The van der Waals surface area contributed by atoms with E-state index >= 15 is 0 Å². The fourth-order valence-electron chi connectivity index (χ4n) is 3.79. The molecule has 1 fully saturated rings. The number of hydrogen-bond acceptors (Lipinski definition) is 4. The van der Waals surface area contributed by atoms with Gasteiger partial charge < -0.3 is 10.1 Å². The van der Waals surface area contributed by atoms with Crippen molar-refractivity contribution in [3.05, 3.63) is 40.3 Å². The second-order valence-corrected chi connectivity index (χ2v) is 7.55. The molecule has 5 heteroatoms. The molecule has 0 amide bonds. The number of methoxy groups -OCH3 is 1. The Morgan fingerprint density at radius 1 is 1.28 bits per heavy atom. The van der Waals surface area contributed by atoms with Crippen molar-refractivity contribution in [3.63, 3.8) is 0 Å². The number of esters is 1. The third-order valence-electron chi connectivity index (χ3n) is 5.32. The number of pyridine rings is 1. The van der Waals surface area contributed by atoms with E-state index in [0.717, 1.165) is 12.1 Å². The Bertz CT molecular complexity index is 733. The average Bonchev–Trinajstić information content (AvgIpc) is 3.16. The minimum absolute atomic E-state index is 0.248. The molecule has 1 N–H and O–H groups in total. The molecule has 0 aromatic carbocycles. The second kappa shape index (κ2) is 8.11. The number of nitrogens with one attached hydrogen (secondary N) is 1. The van der Waals surface area contributed by atoms with Crippen LogP contribution in [-0.4, -0.2) is 26.2 Å². The van der Waals surface area contributed by atoms with Crippen LogP contribution in [0.5, 0.6) is 0 Å². The van der Waals surface area contributed by atoms with Crippen molar-refractivity contribution in [2.45, 2.75) is 51.1 Å². The van der Waals surface area contributed by atoms with Crippen molar-refractivity contribution >= 4 is 17.3 Å². The number of aryl methyl sites for hydroxylation is 1. The molecule has 0 saturated heterocycles. The number of ether oxygens (including phenoxy) is 1. The van der Waals surface area contributed by atoms with E-state index in [1.807, 2.05) is 11.4 Å². The zero-order valence-electron chi connectivity index (χ0n) is 15.2. The molecule has 134 valence electrons. The number of aromatic nitrogens is 1. The van der Waals surface area contributed by atoms with Gasteiger partial charge in [0.2, 0.25) is 0 Å². The molecule has 2 aromatic rings. The highest BCUT2D eigenvalue weighted by atomic mass is 32.1. The highest BCUT2D eigenvalue weighted by Crippen LogP contribution is 2.39. The Balaban J connectivity index is 2.00. The molecule has 0 unspecified atom stereocenters. The minimum Gasteiger partial charge on any atom is -0.465 e. The second-order valence-electron chi connectivity index (χ2n) is 6.64. The molecule has 0 aliphatic heterocycles. The lowest BCUT2D eigenvalue weighted by Gasteiger charge is -2.29. The van der Waals surface area contributed by atoms with Crippen molar-refractivity contribution < 1.29 is 14.1 Å². The van der Waals surface area contributed by atoms with Crippen molar-refractivity contribution in [1.82, 2.24) is 5.32 Å². The van der Waals surface area contributed by atoms with Crippen molar-refractivity contribution in [2.75, 3.05) is 14.2 Å². The Labute approximate surface area is 153 Å². The minimum atomic E-state index is -0.248. The Hall–Kier alpha value is -1.72. The third-order valence-corrected chi connectivity index (χ3v) is 6.21. The van der Waals surface area contributed by atoms with E-state index in [0.29, 0.717) is 16.8 Å². The van der Waals surface area contributed by atoms with Crippen LogP contribution >= 0.6 is 11.3 Å². The maximum absolute atomic E-state index is 12.1. The Kier molecular flexibility index (Phi) is 5.86. The van der Waals surface area contributed by atoms with Gasteiger partial charge >= 0.3 is 5.97 Å². The maximum Gasteiger partial charge on any atom is 0.348 e. The first-order chi connectivity index (χ1) is 12.2. The van der Waals surface area contributed by atoms with E-state index in [9.17, 15) is 4.79 Å². The molecular formula is C20H27N2O2S+. The van der Waals surface area contributed by atoms with Gasteiger partial charge in [0, 0.05) is 23.2 Å². The lowest BCUT2D eigenvalue weighted by atomic mass is 9.80. The number of carbonyl (C=O) groups is 1. The number of carbonyl (C=O) groups excluding carboxylic acids is 1. The van der Waals surface area contributed by atoms with Gasteiger partial charge in [0.05, 0.1) is 7.11 Å². The molecule has 3 rings (SSSR count). The summed E-state index contributed by atoms with van der Waals surface area (Å²) in [6.45, 7) is 3.11. The summed E-state index contributed by atoms with van der Waals surface area (Å²) < 4.78 is 7.20. The van der Waals surface area contributed by atoms with E-state index in [1.54, 1.807) is 0 Å². The summed E-state index contributed by atoms with van der Waals surface area (Å²) in [5.74, 6) is 0.297. The lowest BCUT2D eigenvalue weighted by molar-refractivity contribution is -0.693. The Morgan fingerprint density at radius 2 is 2.04 bits per heavy atom. The SMILES string of the molecule is CC[n+]1ccc(-c2ccsc2C(=O)OC)c(C2CCC(NC)CC2)c1. The summed E-state index contributed by atoms with van der Waals surface area (Å²) in [7, 11) is 3.50.